The molecule has 0 bridgehead atoms. The second kappa shape index (κ2) is 6.65. The van der Waals surface area contributed by atoms with Gasteiger partial charge in [0, 0.05) is 22.7 Å². The fourth-order valence-corrected chi connectivity index (χ4v) is 4.65. The number of hydrogen-bond donors (Lipinski definition) is 1. The molecule has 3 aromatic rings. The highest BCUT2D eigenvalue weighted by atomic mass is 35.5. The Hall–Kier alpha value is -1.72. The SMILES string of the molecule is C[C@@H](Nc1nccn2c([C@@H]3CCCS3)cnc12)c1cccc(Cl)c1. The van der Waals surface area contributed by atoms with E-state index >= 15 is 0 Å². The van der Waals surface area contributed by atoms with Crippen molar-refractivity contribution in [2.24, 2.45) is 0 Å². The first kappa shape index (κ1) is 15.8. The van der Waals surface area contributed by atoms with E-state index in [0.29, 0.717) is 5.25 Å². The Balaban J connectivity index is 1.64. The van der Waals surface area contributed by atoms with Crippen molar-refractivity contribution in [1.82, 2.24) is 14.4 Å². The van der Waals surface area contributed by atoms with Crippen LogP contribution in [0.4, 0.5) is 5.82 Å². The molecule has 0 saturated carbocycles. The van der Waals surface area contributed by atoms with Crippen LogP contribution >= 0.6 is 23.4 Å². The zero-order valence-corrected chi connectivity index (χ0v) is 15.0. The van der Waals surface area contributed by atoms with Gasteiger partial charge in [-0.1, -0.05) is 23.7 Å². The molecule has 0 radical (unpaired) electrons. The van der Waals surface area contributed by atoms with Crippen LogP contribution in [0.15, 0.2) is 42.9 Å². The summed E-state index contributed by atoms with van der Waals surface area (Å²) < 4.78 is 2.17. The zero-order valence-electron chi connectivity index (χ0n) is 13.4. The zero-order chi connectivity index (χ0) is 16.5. The first-order valence-corrected chi connectivity index (χ1v) is 9.60. The molecular formula is C18H19ClN4S. The van der Waals surface area contributed by atoms with Crippen molar-refractivity contribution in [3.05, 3.63) is 59.1 Å². The normalized spacial score (nSPS) is 18.8. The van der Waals surface area contributed by atoms with E-state index in [-0.39, 0.29) is 6.04 Å². The van der Waals surface area contributed by atoms with E-state index in [9.17, 15) is 0 Å². The molecule has 1 aliphatic rings. The largest absolute Gasteiger partial charge is 0.360 e. The van der Waals surface area contributed by atoms with Gasteiger partial charge in [0.2, 0.25) is 0 Å². The third-order valence-corrected chi connectivity index (χ3v) is 6.06. The van der Waals surface area contributed by atoms with Crippen molar-refractivity contribution < 1.29 is 0 Å². The molecule has 4 nitrogen and oxygen atoms in total. The summed E-state index contributed by atoms with van der Waals surface area (Å²) in [4.78, 5) is 9.13. The Morgan fingerprint density at radius 3 is 3.08 bits per heavy atom. The van der Waals surface area contributed by atoms with Gasteiger partial charge in [0.1, 0.15) is 0 Å². The fourth-order valence-electron chi connectivity index (χ4n) is 3.15. The average molecular weight is 359 g/mol. The summed E-state index contributed by atoms with van der Waals surface area (Å²) in [5, 5.41) is 4.76. The lowest BCUT2D eigenvalue weighted by Gasteiger charge is -2.16. The number of imidazole rings is 1. The van der Waals surface area contributed by atoms with Crippen LogP contribution in [0, 0.1) is 0 Å². The number of thioether (sulfide) groups is 1. The minimum atomic E-state index is 0.100. The molecule has 0 amide bonds. The van der Waals surface area contributed by atoms with Gasteiger partial charge in [-0.3, -0.25) is 4.40 Å². The highest BCUT2D eigenvalue weighted by Gasteiger charge is 2.22. The molecule has 24 heavy (non-hydrogen) atoms. The average Bonchev–Trinajstić information content (AvgIpc) is 3.24. The van der Waals surface area contributed by atoms with Crippen LogP contribution in [-0.2, 0) is 0 Å². The molecule has 1 fully saturated rings. The van der Waals surface area contributed by atoms with Crippen LogP contribution in [0.3, 0.4) is 0 Å². The molecule has 6 heteroatoms. The van der Waals surface area contributed by atoms with Crippen LogP contribution in [-0.4, -0.2) is 20.1 Å². The van der Waals surface area contributed by atoms with E-state index in [1.807, 2.05) is 48.6 Å². The van der Waals surface area contributed by atoms with Gasteiger partial charge >= 0.3 is 0 Å². The summed E-state index contributed by atoms with van der Waals surface area (Å²) in [7, 11) is 0. The molecule has 0 aliphatic carbocycles. The molecule has 2 atom stereocenters. The van der Waals surface area contributed by atoms with Crippen LogP contribution in [0.1, 0.15) is 42.3 Å². The first-order chi connectivity index (χ1) is 11.7. The highest BCUT2D eigenvalue weighted by molar-refractivity contribution is 7.99. The molecule has 0 unspecified atom stereocenters. The molecular weight excluding hydrogens is 340 g/mol. The van der Waals surface area contributed by atoms with Crippen LogP contribution in [0.2, 0.25) is 5.02 Å². The van der Waals surface area contributed by atoms with Gasteiger partial charge in [-0.15, -0.1) is 0 Å². The third kappa shape index (κ3) is 2.98. The Labute approximate surface area is 150 Å². The number of fused-ring (bicyclic) bond motifs is 1. The van der Waals surface area contributed by atoms with Crippen molar-refractivity contribution in [3.8, 4) is 0 Å². The summed E-state index contributed by atoms with van der Waals surface area (Å²) in [5.41, 5.74) is 3.28. The van der Waals surface area contributed by atoms with E-state index in [2.05, 4.69) is 32.7 Å². The number of benzene rings is 1. The van der Waals surface area contributed by atoms with E-state index in [0.717, 1.165) is 22.1 Å². The second-order valence-electron chi connectivity index (χ2n) is 6.08. The molecule has 0 spiro atoms. The maximum atomic E-state index is 6.10. The highest BCUT2D eigenvalue weighted by Crippen LogP contribution is 2.40. The lowest BCUT2D eigenvalue weighted by molar-refractivity contribution is 0.797. The number of rotatable bonds is 4. The Bertz CT molecular complexity index is 857. The third-order valence-electron chi connectivity index (χ3n) is 4.42. The van der Waals surface area contributed by atoms with Crippen molar-refractivity contribution in [3.63, 3.8) is 0 Å². The van der Waals surface area contributed by atoms with Gasteiger partial charge in [0.15, 0.2) is 11.5 Å². The number of hydrogen-bond acceptors (Lipinski definition) is 4. The van der Waals surface area contributed by atoms with E-state index < -0.39 is 0 Å². The minimum Gasteiger partial charge on any atom is -0.360 e. The molecule has 124 valence electrons. The van der Waals surface area contributed by atoms with Gasteiger partial charge in [0.25, 0.3) is 0 Å². The Kier molecular flexibility index (Phi) is 4.37. The number of aromatic nitrogens is 3. The number of nitrogens with zero attached hydrogens (tertiary/aromatic N) is 3. The first-order valence-electron chi connectivity index (χ1n) is 8.18. The maximum absolute atomic E-state index is 6.10. The van der Waals surface area contributed by atoms with E-state index in [1.54, 1.807) is 0 Å². The number of anilines is 1. The summed E-state index contributed by atoms with van der Waals surface area (Å²) >= 11 is 8.12. The summed E-state index contributed by atoms with van der Waals surface area (Å²) in [5.74, 6) is 2.04. The van der Waals surface area contributed by atoms with E-state index in [4.69, 9.17) is 11.6 Å². The molecule has 2 aromatic heterocycles. The Morgan fingerprint density at radius 1 is 1.38 bits per heavy atom. The minimum absolute atomic E-state index is 0.100. The summed E-state index contributed by atoms with van der Waals surface area (Å²) in [6, 6.07) is 8.00. The van der Waals surface area contributed by atoms with Crippen LogP contribution in [0.5, 0.6) is 0 Å². The Morgan fingerprint density at radius 2 is 2.29 bits per heavy atom. The van der Waals surface area contributed by atoms with Crippen molar-refractivity contribution >= 4 is 34.8 Å². The topological polar surface area (TPSA) is 42.2 Å². The molecule has 3 heterocycles. The van der Waals surface area contributed by atoms with Gasteiger partial charge in [-0.05, 0) is 43.2 Å². The van der Waals surface area contributed by atoms with Gasteiger partial charge in [-0.25, -0.2) is 9.97 Å². The maximum Gasteiger partial charge on any atom is 0.180 e. The van der Waals surface area contributed by atoms with E-state index in [1.165, 1.54) is 24.3 Å². The van der Waals surface area contributed by atoms with Crippen LogP contribution < -0.4 is 5.32 Å². The van der Waals surface area contributed by atoms with Crippen LogP contribution in [0.25, 0.3) is 5.65 Å². The standard InChI is InChI=1S/C18H19ClN4S/c1-12(13-4-2-5-14(19)10-13)22-17-18-21-11-15(16-6-3-9-24-16)23(18)8-7-20-17/h2,4-5,7-8,10-12,16H,3,6,9H2,1H3,(H,20,22)/t12-,16+/m1/s1. The van der Waals surface area contributed by atoms with Gasteiger partial charge < -0.3 is 5.32 Å². The summed E-state index contributed by atoms with van der Waals surface area (Å²) in [6.45, 7) is 2.10. The molecule has 4 rings (SSSR count). The number of nitrogens with one attached hydrogen (secondary N) is 1. The smallest absolute Gasteiger partial charge is 0.180 e. The van der Waals surface area contributed by atoms with Gasteiger partial charge in [0.05, 0.1) is 17.9 Å². The number of halogens is 1. The molecule has 1 saturated heterocycles. The second-order valence-corrected chi connectivity index (χ2v) is 7.82. The monoisotopic (exact) mass is 358 g/mol. The van der Waals surface area contributed by atoms with Crippen molar-refractivity contribution in [1.29, 1.82) is 0 Å². The molecule has 1 N–H and O–H groups in total. The molecule has 1 aromatic carbocycles. The quantitative estimate of drug-likeness (QED) is 0.702. The molecule has 1 aliphatic heterocycles. The predicted molar refractivity (Wildman–Crippen MR) is 101 cm³/mol. The lowest BCUT2D eigenvalue weighted by Crippen LogP contribution is -2.09. The summed E-state index contributed by atoms with van der Waals surface area (Å²) in [6.07, 6.45) is 8.35. The van der Waals surface area contributed by atoms with Crippen molar-refractivity contribution in [2.45, 2.75) is 31.1 Å². The van der Waals surface area contributed by atoms with Gasteiger partial charge in [-0.2, -0.15) is 11.8 Å². The predicted octanol–water partition coefficient (Wildman–Crippen LogP) is 5.12. The fraction of sp³-hybridized carbons (Fsp3) is 0.333. The lowest BCUT2D eigenvalue weighted by atomic mass is 10.1. The van der Waals surface area contributed by atoms with Crippen molar-refractivity contribution in [2.75, 3.05) is 11.1 Å².